The number of likely N-dealkylation sites (N-methyl/N-ethyl adjacent to an activating group) is 1. The molecule has 1 spiro atoms. The Morgan fingerprint density at radius 2 is 2.00 bits per heavy atom. The van der Waals surface area contributed by atoms with Crippen LogP contribution in [0.2, 0.25) is 0 Å². The van der Waals surface area contributed by atoms with Gasteiger partial charge in [0, 0.05) is 19.1 Å². The Kier molecular flexibility index (Phi) is 4.28. The second-order valence-corrected chi connectivity index (χ2v) is 7.79. The van der Waals surface area contributed by atoms with E-state index in [2.05, 4.69) is 36.0 Å². The molecule has 3 aliphatic rings. The average Bonchev–Trinajstić information content (AvgIpc) is 2.92. The number of nitrogens with zero attached hydrogens (tertiary/aromatic N) is 2. The van der Waals surface area contributed by atoms with Gasteiger partial charge in [0.25, 0.3) is 0 Å². The molecule has 1 N–H and O–H groups in total. The van der Waals surface area contributed by atoms with E-state index in [9.17, 15) is 4.79 Å². The average molecular weight is 293 g/mol. The lowest BCUT2D eigenvalue weighted by atomic mass is 10.1. The predicted molar refractivity (Wildman–Crippen MR) is 84.9 cm³/mol. The fourth-order valence-electron chi connectivity index (χ4n) is 4.04. The van der Waals surface area contributed by atoms with Crippen LogP contribution in [0.25, 0.3) is 0 Å². The molecule has 3 fully saturated rings. The largest absolute Gasteiger partial charge is 0.324 e. The first kappa shape index (κ1) is 15.3. The van der Waals surface area contributed by atoms with Gasteiger partial charge in [0.05, 0.1) is 11.7 Å². The molecule has 21 heavy (non-hydrogen) atoms. The van der Waals surface area contributed by atoms with Crippen molar-refractivity contribution in [2.24, 2.45) is 5.92 Å². The first-order valence-electron chi connectivity index (χ1n) is 8.81. The van der Waals surface area contributed by atoms with Gasteiger partial charge < -0.3 is 9.80 Å². The molecule has 0 aromatic rings. The van der Waals surface area contributed by atoms with Crippen LogP contribution in [0.3, 0.4) is 0 Å². The predicted octanol–water partition coefficient (Wildman–Crippen LogP) is 2.20. The van der Waals surface area contributed by atoms with Gasteiger partial charge >= 0.3 is 0 Å². The second kappa shape index (κ2) is 5.88. The third-order valence-electron chi connectivity index (χ3n) is 5.58. The van der Waals surface area contributed by atoms with Crippen LogP contribution >= 0.6 is 0 Å². The molecule has 4 heteroatoms. The summed E-state index contributed by atoms with van der Waals surface area (Å²) in [6, 6.07) is 0.745. The molecule has 1 aliphatic heterocycles. The van der Waals surface area contributed by atoms with E-state index < -0.39 is 0 Å². The highest BCUT2D eigenvalue weighted by Crippen LogP contribution is 2.43. The third kappa shape index (κ3) is 3.11. The molecule has 0 bridgehead atoms. The number of hydrogen-bond donors (Lipinski definition) is 1. The van der Waals surface area contributed by atoms with Crippen LogP contribution in [0.5, 0.6) is 0 Å². The molecule has 3 rings (SSSR count). The van der Waals surface area contributed by atoms with Crippen molar-refractivity contribution in [1.29, 1.82) is 0 Å². The van der Waals surface area contributed by atoms with E-state index in [0.717, 1.165) is 38.4 Å². The van der Waals surface area contributed by atoms with Crippen LogP contribution in [0.4, 0.5) is 0 Å². The number of carbonyl (C=O) groups is 1. The zero-order valence-corrected chi connectivity index (χ0v) is 13.9. The van der Waals surface area contributed by atoms with E-state index in [1.165, 1.54) is 25.7 Å². The Morgan fingerprint density at radius 1 is 1.33 bits per heavy atom. The van der Waals surface area contributed by atoms with Gasteiger partial charge in [-0.1, -0.05) is 26.7 Å². The summed E-state index contributed by atoms with van der Waals surface area (Å²) in [5.74, 6) is 0.993. The smallest absolute Gasteiger partial charge is 0.244 e. The van der Waals surface area contributed by atoms with Gasteiger partial charge in [-0.25, -0.2) is 0 Å². The molecule has 1 amide bonds. The van der Waals surface area contributed by atoms with Crippen molar-refractivity contribution in [3.8, 4) is 0 Å². The lowest BCUT2D eigenvalue weighted by Gasteiger charge is -2.30. The maximum absolute atomic E-state index is 12.7. The number of amides is 1. The van der Waals surface area contributed by atoms with Crippen molar-refractivity contribution in [3.63, 3.8) is 0 Å². The topological polar surface area (TPSA) is 35.6 Å². The van der Waals surface area contributed by atoms with E-state index in [1.54, 1.807) is 0 Å². The van der Waals surface area contributed by atoms with Gasteiger partial charge in [-0.15, -0.1) is 0 Å². The molecule has 1 saturated heterocycles. The van der Waals surface area contributed by atoms with Crippen LogP contribution in [0.1, 0.15) is 58.8 Å². The van der Waals surface area contributed by atoms with Crippen LogP contribution in [-0.2, 0) is 4.79 Å². The van der Waals surface area contributed by atoms with Crippen molar-refractivity contribution in [3.05, 3.63) is 0 Å². The summed E-state index contributed by atoms with van der Waals surface area (Å²) in [6.45, 7) is 6.39. The summed E-state index contributed by atoms with van der Waals surface area (Å²) in [4.78, 5) is 17.3. The Balaban J connectivity index is 1.57. The van der Waals surface area contributed by atoms with Crippen LogP contribution in [-0.4, -0.2) is 53.6 Å². The normalized spacial score (nSPS) is 28.5. The minimum atomic E-state index is -0.161. The van der Waals surface area contributed by atoms with E-state index >= 15 is 0 Å². The molecule has 1 atom stereocenters. The van der Waals surface area contributed by atoms with Crippen molar-refractivity contribution in [1.82, 2.24) is 15.1 Å². The maximum atomic E-state index is 12.7. The molecular weight excluding hydrogens is 262 g/mol. The highest BCUT2D eigenvalue weighted by atomic mass is 16.2. The van der Waals surface area contributed by atoms with E-state index in [-0.39, 0.29) is 11.7 Å². The quantitative estimate of drug-likeness (QED) is 0.815. The van der Waals surface area contributed by atoms with Gasteiger partial charge in [-0.3, -0.25) is 10.1 Å². The molecule has 0 aromatic carbocycles. The number of hydrogen-bond acceptors (Lipinski definition) is 3. The Labute approximate surface area is 129 Å². The summed E-state index contributed by atoms with van der Waals surface area (Å²) < 4.78 is 0. The van der Waals surface area contributed by atoms with Gasteiger partial charge in [-0.2, -0.15) is 0 Å². The highest BCUT2D eigenvalue weighted by molar-refractivity contribution is 5.91. The summed E-state index contributed by atoms with van der Waals surface area (Å²) in [5, 5.41) is 3.62. The molecule has 2 saturated carbocycles. The first-order valence-corrected chi connectivity index (χ1v) is 8.81. The zero-order valence-electron chi connectivity index (χ0n) is 13.9. The fraction of sp³-hybridized carbons (Fsp3) is 0.941. The minimum absolute atomic E-state index is 0.161. The lowest BCUT2D eigenvalue weighted by molar-refractivity contribution is -0.131. The summed E-state index contributed by atoms with van der Waals surface area (Å²) in [5.41, 5.74) is -0.161. The van der Waals surface area contributed by atoms with E-state index in [0.29, 0.717) is 11.8 Å². The monoisotopic (exact) mass is 293 g/mol. The number of rotatable bonds is 6. The minimum Gasteiger partial charge on any atom is -0.324 e. The van der Waals surface area contributed by atoms with Crippen LogP contribution < -0.4 is 5.32 Å². The van der Waals surface area contributed by atoms with Crippen LogP contribution in [0.15, 0.2) is 0 Å². The maximum Gasteiger partial charge on any atom is 0.244 e. The Hall–Kier alpha value is -0.610. The SMILES string of the molecule is CC(C)CC1NC2(CC2)C(=O)N1CCN(C)C1CCCC1. The lowest BCUT2D eigenvalue weighted by Crippen LogP contribution is -2.43. The summed E-state index contributed by atoms with van der Waals surface area (Å²) in [6.07, 6.45) is 8.82. The summed E-state index contributed by atoms with van der Waals surface area (Å²) >= 11 is 0. The standard InChI is InChI=1S/C17H31N3O/c1-13(2)12-15-18-17(8-9-17)16(21)20(15)11-10-19(3)14-6-4-5-7-14/h13-15,18H,4-12H2,1-3H3. The van der Waals surface area contributed by atoms with Crippen LogP contribution in [0, 0.1) is 5.92 Å². The fourth-order valence-corrected chi connectivity index (χ4v) is 4.04. The molecule has 2 aliphatic carbocycles. The molecule has 0 aromatic heterocycles. The highest BCUT2D eigenvalue weighted by Gasteiger charge is 2.58. The van der Waals surface area contributed by atoms with E-state index in [1.807, 2.05) is 0 Å². The second-order valence-electron chi connectivity index (χ2n) is 7.79. The summed E-state index contributed by atoms with van der Waals surface area (Å²) in [7, 11) is 2.23. The number of nitrogens with one attached hydrogen (secondary N) is 1. The van der Waals surface area contributed by atoms with Crippen molar-refractivity contribution < 1.29 is 4.79 Å². The first-order chi connectivity index (χ1) is 10.0. The molecule has 4 nitrogen and oxygen atoms in total. The number of carbonyl (C=O) groups excluding carboxylic acids is 1. The van der Waals surface area contributed by atoms with Gasteiger partial charge in [0.1, 0.15) is 0 Å². The Morgan fingerprint density at radius 3 is 2.57 bits per heavy atom. The van der Waals surface area contributed by atoms with Crippen molar-refractivity contribution in [2.75, 3.05) is 20.1 Å². The van der Waals surface area contributed by atoms with Crippen molar-refractivity contribution >= 4 is 5.91 Å². The Bertz CT molecular complexity index is 385. The van der Waals surface area contributed by atoms with Gasteiger partial charge in [0.2, 0.25) is 5.91 Å². The molecular formula is C17H31N3O. The molecule has 1 heterocycles. The zero-order chi connectivity index (χ0) is 15.0. The molecule has 120 valence electrons. The van der Waals surface area contributed by atoms with Crippen molar-refractivity contribution in [2.45, 2.75) is 76.5 Å². The molecule has 0 radical (unpaired) electrons. The van der Waals surface area contributed by atoms with Gasteiger partial charge in [0.15, 0.2) is 0 Å². The third-order valence-corrected chi connectivity index (χ3v) is 5.58. The molecule has 1 unspecified atom stereocenters. The van der Waals surface area contributed by atoms with E-state index in [4.69, 9.17) is 0 Å². The van der Waals surface area contributed by atoms with Gasteiger partial charge in [-0.05, 0) is 45.1 Å².